The third-order valence-corrected chi connectivity index (χ3v) is 2.26. The summed E-state index contributed by atoms with van der Waals surface area (Å²) < 4.78 is 0. The van der Waals surface area contributed by atoms with Crippen LogP contribution in [0.4, 0.5) is 5.69 Å². The van der Waals surface area contributed by atoms with Crippen LogP contribution in [0.3, 0.4) is 0 Å². The number of nitrogens with one attached hydrogen (secondary N) is 3. The zero-order valence-corrected chi connectivity index (χ0v) is 8.38. The molecule has 0 saturated carbocycles. The molecule has 1 fully saturated rings. The number of benzene rings is 1. The van der Waals surface area contributed by atoms with Crippen LogP contribution in [0.5, 0.6) is 0 Å². The summed E-state index contributed by atoms with van der Waals surface area (Å²) in [6.07, 6.45) is -0.140. The lowest BCUT2D eigenvalue weighted by molar-refractivity contribution is -0.384. The van der Waals surface area contributed by atoms with E-state index in [-0.39, 0.29) is 11.9 Å². The Morgan fingerprint density at radius 2 is 2.00 bits per heavy atom. The van der Waals surface area contributed by atoms with Gasteiger partial charge in [0.1, 0.15) is 6.17 Å². The van der Waals surface area contributed by atoms with Gasteiger partial charge < -0.3 is 5.32 Å². The number of hydrogen-bond donors (Lipinski definition) is 3. The molecule has 78 valence electrons. The van der Waals surface area contributed by atoms with Crippen molar-refractivity contribution in [3.63, 3.8) is 0 Å². The van der Waals surface area contributed by atoms with Crippen molar-refractivity contribution in [1.29, 1.82) is 0 Å². The summed E-state index contributed by atoms with van der Waals surface area (Å²) >= 11 is 4.87. The predicted molar refractivity (Wildman–Crippen MR) is 57.8 cm³/mol. The Labute approximate surface area is 90.8 Å². The molecular formula is C8H8N4O2S. The molecule has 3 N–H and O–H groups in total. The second-order valence-corrected chi connectivity index (χ2v) is 3.43. The molecule has 6 nitrogen and oxygen atoms in total. The van der Waals surface area contributed by atoms with E-state index in [2.05, 4.69) is 16.2 Å². The average Bonchev–Trinajstić information content (AvgIpc) is 2.65. The van der Waals surface area contributed by atoms with E-state index >= 15 is 0 Å². The van der Waals surface area contributed by atoms with Crippen molar-refractivity contribution >= 4 is 23.0 Å². The molecule has 0 amide bonds. The number of hydrazine groups is 1. The summed E-state index contributed by atoms with van der Waals surface area (Å²) in [6, 6.07) is 6.27. The molecule has 0 bridgehead atoms. The molecular weight excluding hydrogens is 216 g/mol. The fraction of sp³-hybridized carbons (Fsp3) is 0.125. The van der Waals surface area contributed by atoms with E-state index in [1.807, 2.05) is 0 Å². The van der Waals surface area contributed by atoms with E-state index in [0.717, 1.165) is 5.56 Å². The maximum Gasteiger partial charge on any atom is 0.269 e. The maximum absolute atomic E-state index is 10.4. The molecule has 1 unspecified atom stereocenters. The van der Waals surface area contributed by atoms with Crippen LogP contribution in [0.25, 0.3) is 0 Å². The van der Waals surface area contributed by atoms with E-state index in [1.54, 1.807) is 12.1 Å². The Hall–Kier alpha value is -1.73. The van der Waals surface area contributed by atoms with Crippen LogP contribution in [0, 0.1) is 10.1 Å². The van der Waals surface area contributed by atoms with Crippen molar-refractivity contribution < 1.29 is 4.92 Å². The van der Waals surface area contributed by atoms with Gasteiger partial charge in [0.15, 0.2) is 5.11 Å². The van der Waals surface area contributed by atoms with Crippen molar-refractivity contribution in [3.05, 3.63) is 39.9 Å². The first-order valence-electron chi connectivity index (χ1n) is 4.23. The summed E-state index contributed by atoms with van der Waals surface area (Å²) in [6.45, 7) is 0. The standard InChI is InChI=1S/C8H8N4O2S/c13-12(14)6-3-1-5(2-4-6)7-9-8(15)11-10-7/h1-4,7,10H,(H2,9,11,15). The highest BCUT2D eigenvalue weighted by Gasteiger charge is 2.18. The minimum atomic E-state index is -0.428. The molecule has 0 aliphatic carbocycles. The molecule has 0 radical (unpaired) electrons. The van der Waals surface area contributed by atoms with Crippen molar-refractivity contribution in [2.24, 2.45) is 0 Å². The zero-order valence-electron chi connectivity index (χ0n) is 7.56. The van der Waals surface area contributed by atoms with Gasteiger partial charge in [-0.25, -0.2) is 5.43 Å². The highest BCUT2D eigenvalue weighted by molar-refractivity contribution is 7.80. The van der Waals surface area contributed by atoms with E-state index in [1.165, 1.54) is 12.1 Å². The number of thiocarbonyl (C=S) groups is 1. The van der Waals surface area contributed by atoms with Gasteiger partial charge in [-0.1, -0.05) is 0 Å². The van der Waals surface area contributed by atoms with Crippen molar-refractivity contribution in [2.75, 3.05) is 0 Å². The third kappa shape index (κ3) is 2.03. The molecule has 1 aromatic carbocycles. The first kappa shape index (κ1) is 9.81. The molecule has 7 heteroatoms. The van der Waals surface area contributed by atoms with Gasteiger partial charge in [-0.3, -0.25) is 15.5 Å². The Balaban J connectivity index is 2.17. The fourth-order valence-electron chi connectivity index (χ4n) is 1.30. The number of nitrogens with zero attached hydrogens (tertiary/aromatic N) is 1. The lowest BCUT2D eigenvalue weighted by Gasteiger charge is -2.08. The Bertz CT molecular complexity index is 406. The molecule has 0 spiro atoms. The van der Waals surface area contributed by atoms with Crippen LogP contribution in [0.2, 0.25) is 0 Å². The summed E-state index contributed by atoms with van der Waals surface area (Å²) in [5, 5.41) is 13.9. The van der Waals surface area contributed by atoms with Crippen LogP contribution in [-0.4, -0.2) is 10.0 Å². The zero-order chi connectivity index (χ0) is 10.8. The van der Waals surface area contributed by atoms with Crippen molar-refractivity contribution in [3.8, 4) is 0 Å². The number of rotatable bonds is 2. The summed E-state index contributed by atoms with van der Waals surface area (Å²) in [7, 11) is 0. The molecule has 0 aromatic heterocycles. The molecule has 1 atom stereocenters. The van der Waals surface area contributed by atoms with E-state index in [9.17, 15) is 10.1 Å². The number of non-ortho nitro benzene ring substituents is 1. The summed E-state index contributed by atoms with van der Waals surface area (Å²) in [4.78, 5) is 10.00. The van der Waals surface area contributed by atoms with Gasteiger partial charge in [-0.15, -0.1) is 0 Å². The first-order chi connectivity index (χ1) is 7.16. The summed E-state index contributed by atoms with van der Waals surface area (Å²) in [5.41, 5.74) is 6.60. The Morgan fingerprint density at radius 1 is 1.33 bits per heavy atom. The third-order valence-electron chi connectivity index (χ3n) is 2.04. The second-order valence-electron chi connectivity index (χ2n) is 3.02. The molecule has 1 aliphatic heterocycles. The summed E-state index contributed by atoms with van der Waals surface area (Å²) in [5.74, 6) is 0. The highest BCUT2D eigenvalue weighted by atomic mass is 32.1. The van der Waals surface area contributed by atoms with E-state index in [4.69, 9.17) is 12.2 Å². The van der Waals surface area contributed by atoms with Crippen LogP contribution < -0.4 is 16.2 Å². The minimum Gasteiger partial charge on any atom is -0.341 e. The molecule has 1 aliphatic rings. The fourth-order valence-corrected chi connectivity index (χ4v) is 1.47. The molecule has 15 heavy (non-hydrogen) atoms. The lowest BCUT2D eigenvalue weighted by Crippen LogP contribution is -2.26. The Morgan fingerprint density at radius 3 is 2.47 bits per heavy atom. The quantitative estimate of drug-likeness (QED) is 0.387. The van der Waals surface area contributed by atoms with Gasteiger partial charge in [0.05, 0.1) is 4.92 Å². The average molecular weight is 224 g/mol. The first-order valence-corrected chi connectivity index (χ1v) is 4.64. The van der Waals surface area contributed by atoms with E-state index in [0.29, 0.717) is 5.11 Å². The van der Waals surface area contributed by atoms with Crippen LogP contribution in [0.1, 0.15) is 11.7 Å². The number of nitro groups is 1. The van der Waals surface area contributed by atoms with Gasteiger partial charge in [0.2, 0.25) is 0 Å². The van der Waals surface area contributed by atoms with Gasteiger partial charge >= 0.3 is 0 Å². The van der Waals surface area contributed by atoms with Crippen molar-refractivity contribution in [2.45, 2.75) is 6.17 Å². The number of hydrogen-bond acceptors (Lipinski definition) is 4. The molecule has 2 rings (SSSR count). The normalized spacial score (nSPS) is 19.5. The van der Waals surface area contributed by atoms with Crippen LogP contribution in [0.15, 0.2) is 24.3 Å². The second kappa shape index (κ2) is 3.79. The lowest BCUT2D eigenvalue weighted by atomic mass is 10.1. The predicted octanol–water partition coefficient (Wildman–Crippen LogP) is 0.576. The molecule has 1 aromatic rings. The van der Waals surface area contributed by atoms with Crippen LogP contribution in [-0.2, 0) is 0 Å². The SMILES string of the molecule is O=[N+]([O-])c1ccc(C2NNC(=S)N2)cc1. The monoisotopic (exact) mass is 224 g/mol. The molecule has 1 heterocycles. The minimum absolute atomic E-state index is 0.0762. The Kier molecular flexibility index (Phi) is 2.48. The van der Waals surface area contributed by atoms with Crippen LogP contribution >= 0.6 is 12.2 Å². The topological polar surface area (TPSA) is 79.2 Å². The highest BCUT2D eigenvalue weighted by Crippen LogP contribution is 2.16. The van der Waals surface area contributed by atoms with Gasteiger partial charge in [-0.05, 0) is 29.9 Å². The maximum atomic E-state index is 10.4. The smallest absolute Gasteiger partial charge is 0.269 e. The molecule has 1 saturated heterocycles. The van der Waals surface area contributed by atoms with E-state index < -0.39 is 4.92 Å². The van der Waals surface area contributed by atoms with Gasteiger partial charge in [0.25, 0.3) is 5.69 Å². The number of nitro benzene ring substituents is 1. The largest absolute Gasteiger partial charge is 0.341 e. The van der Waals surface area contributed by atoms with Gasteiger partial charge in [0, 0.05) is 12.1 Å². The van der Waals surface area contributed by atoms with Crippen molar-refractivity contribution in [1.82, 2.24) is 16.2 Å². The van der Waals surface area contributed by atoms with Gasteiger partial charge in [-0.2, -0.15) is 0 Å².